The van der Waals surface area contributed by atoms with Crippen molar-refractivity contribution in [1.29, 1.82) is 0 Å². The van der Waals surface area contributed by atoms with Crippen LogP contribution in [0.2, 0.25) is 0 Å². The molecule has 0 radical (unpaired) electrons. The Hall–Kier alpha value is -2.21. The number of carboxylic acid groups (broad SMARTS) is 1. The Labute approximate surface area is 120 Å². The number of rotatable bonds is 4. The number of amides is 1. The summed E-state index contributed by atoms with van der Waals surface area (Å²) in [5, 5.41) is 12.0. The molecule has 0 aliphatic carbocycles. The number of aromatic nitrogens is 1. The molecule has 0 bridgehead atoms. The second-order valence-corrected chi connectivity index (χ2v) is 5.26. The molecule has 6 heteroatoms. The lowest BCUT2D eigenvalue weighted by Gasteiger charge is -2.04. The summed E-state index contributed by atoms with van der Waals surface area (Å²) in [5.74, 6) is -1.33. The lowest BCUT2D eigenvalue weighted by molar-refractivity contribution is -0.115. The standard InChI is InChI=1S/C14H14N2O3S/c1-8-3-5-10(6-4-8)7-11(17)15-13-12(14(18)19)9(2)16-20-13/h3-6H,7H2,1-2H3,(H,15,17)(H,18,19). The van der Waals surface area contributed by atoms with Crippen molar-refractivity contribution < 1.29 is 14.7 Å². The highest BCUT2D eigenvalue weighted by Crippen LogP contribution is 2.24. The molecule has 0 saturated carbocycles. The van der Waals surface area contributed by atoms with E-state index in [1.54, 1.807) is 6.92 Å². The first-order valence-corrected chi connectivity index (χ1v) is 6.79. The molecule has 0 unspecified atom stereocenters. The van der Waals surface area contributed by atoms with Crippen molar-refractivity contribution in [3.8, 4) is 0 Å². The molecule has 0 aliphatic rings. The Morgan fingerprint density at radius 1 is 1.25 bits per heavy atom. The first-order valence-electron chi connectivity index (χ1n) is 6.02. The summed E-state index contributed by atoms with van der Waals surface area (Å²) in [7, 11) is 0. The highest BCUT2D eigenvalue weighted by molar-refractivity contribution is 7.11. The van der Waals surface area contributed by atoms with Gasteiger partial charge in [0.1, 0.15) is 10.6 Å². The van der Waals surface area contributed by atoms with Gasteiger partial charge in [-0.05, 0) is 30.9 Å². The fraction of sp³-hybridized carbons (Fsp3) is 0.214. The number of aryl methyl sites for hydroxylation is 2. The van der Waals surface area contributed by atoms with E-state index in [1.807, 2.05) is 31.2 Å². The van der Waals surface area contributed by atoms with Crippen molar-refractivity contribution in [3.63, 3.8) is 0 Å². The minimum absolute atomic E-state index is 0.0623. The van der Waals surface area contributed by atoms with Gasteiger partial charge in [0.05, 0.1) is 12.1 Å². The fourth-order valence-corrected chi connectivity index (χ4v) is 2.57. The molecule has 2 aromatic rings. The van der Waals surface area contributed by atoms with Gasteiger partial charge in [0.2, 0.25) is 5.91 Å². The van der Waals surface area contributed by atoms with Crippen LogP contribution in [0.5, 0.6) is 0 Å². The topological polar surface area (TPSA) is 79.3 Å². The third-order valence-electron chi connectivity index (χ3n) is 2.81. The molecule has 2 rings (SSSR count). The predicted octanol–water partition coefficient (Wildman–Crippen LogP) is 2.64. The zero-order chi connectivity index (χ0) is 14.7. The molecule has 0 fully saturated rings. The number of hydrogen-bond donors (Lipinski definition) is 2. The lowest BCUT2D eigenvalue weighted by Crippen LogP contribution is -2.15. The van der Waals surface area contributed by atoms with Crippen LogP contribution in [0.4, 0.5) is 5.00 Å². The van der Waals surface area contributed by atoms with Crippen molar-refractivity contribution in [2.75, 3.05) is 5.32 Å². The maximum atomic E-state index is 11.9. The summed E-state index contributed by atoms with van der Waals surface area (Å²) in [6.45, 7) is 3.58. The fourth-order valence-electron chi connectivity index (χ4n) is 1.77. The molecule has 1 aromatic carbocycles. The van der Waals surface area contributed by atoms with E-state index in [0.29, 0.717) is 5.69 Å². The third kappa shape index (κ3) is 3.21. The van der Waals surface area contributed by atoms with Crippen molar-refractivity contribution in [3.05, 3.63) is 46.6 Å². The monoisotopic (exact) mass is 290 g/mol. The maximum absolute atomic E-state index is 11.9. The van der Waals surface area contributed by atoms with Gasteiger partial charge in [0.25, 0.3) is 0 Å². The number of nitrogens with zero attached hydrogens (tertiary/aromatic N) is 1. The Balaban J connectivity index is 2.09. The highest BCUT2D eigenvalue weighted by Gasteiger charge is 2.19. The van der Waals surface area contributed by atoms with E-state index in [9.17, 15) is 9.59 Å². The van der Waals surface area contributed by atoms with E-state index >= 15 is 0 Å². The number of hydrogen-bond acceptors (Lipinski definition) is 4. The van der Waals surface area contributed by atoms with Gasteiger partial charge < -0.3 is 10.4 Å². The quantitative estimate of drug-likeness (QED) is 0.907. The molecule has 20 heavy (non-hydrogen) atoms. The van der Waals surface area contributed by atoms with Crippen LogP contribution in [0, 0.1) is 13.8 Å². The van der Waals surface area contributed by atoms with E-state index < -0.39 is 5.97 Å². The minimum Gasteiger partial charge on any atom is -0.478 e. The van der Waals surface area contributed by atoms with Gasteiger partial charge in [-0.3, -0.25) is 4.79 Å². The summed E-state index contributed by atoms with van der Waals surface area (Å²) >= 11 is 0.983. The molecule has 0 saturated heterocycles. The summed E-state index contributed by atoms with van der Waals surface area (Å²) in [5.41, 5.74) is 2.48. The molecule has 1 aromatic heterocycles. The molecular formula is C14H14N2O3S. The number of benzene rings is 1. The van der Waals surface area contributed by atoms with E-state index in [2.05, 4.69) is 9.69 Å². The Kier molecular flexibility index (Phi) is 4.14. The van der Waals surface area contributed by atoms with Crippen LogP contribution in [-0.4, -0.2) is 21.4 Å². The summed E-state index contributed by atoms with van der Waals surface area (Å²) in [4.78, 5) is 23.0. The van der Waals surface area contributed by atoms with Crippen LogP contribution in [0.1, 0.15) is 27.2 Å². The maximum Gasteiger partial charge on any atom is 0.340 e. The van der Waals surface area contributed by atoms with Gasteiger partial charge >= 0.3 is 5.97 Å². The zero-order valence-electron chi connectivity index (χ0n) is 11.1. The van der Waals surface area contributed by atoms with Crippen molar-refractivity contribution in [1.82, 2.24) is 4.37 Å². The molecule has 5 nitrogen and oxygen atoms in total. The summed E-state index contributed by atoms with van der Waals surface area (Å²) in [6.07, 6.45) is 0.205. The van der Waals surface area contributed by atoms with E-state index in [-0.39, 0.29) is 22.9 Å². The average molecular weight is 290 g/mol. The minimum atomic E-state index is -1.08. The van der Waals surface area contributed by atoms with E-state index in [0.717, 1.165) is 22.7 Å². The van der Waals surface area contributed by atoms with Gasteiger partial charge in [-0.2, -0.15) is 4.37 Å². The summed E-state index contributed by atoms with van der Waals surface area (Å²) < 4.78 is 3.96. The largest absolute Gasteiger partial charge is 0.478 e. The molecule has 2 N–H and O–H groups in total. The number of nitrogens with one attached hydrogen (secondary N) is 1. The number of aromatic carboxylic acids is 1. The van der Waals surface area contributed by atoms with Gasteiger partial charge in [-0.25, -0.2) is 4.79 Å². The number of anilines is 1. The lowest BCUT2D eigenvalue weighted by atomic mass is 10.1. The molecule has 0 atom stereocenters. The third-order valence-corrected chi connectivity index (χ3v) is 3.67. The molecule has 0 aliphatic heterocycles. The number of carbonyl (C=O) groups is 2. The zero-order valence-corrected chi connectivity index (χ0v) is 12.0. The number of carbonyl (C=O) groups excluding carboxylic acids is 1. The highest BCUT2D eigenvalue weighted by atomic mass is 32.1. The molecule has 104 valence electrons. The van der Waals surface area contributed by atoms with Gasteiger partial charge in [-0.1, -0.05) is 29.8 Å². The first-order chi connectivity index (χ1) is 9.47. The Morgan fingerprint density at radius 3 is 2.50 bits per heavy atom. The van der Waals surface area contributed by atoms with Gasteiger partial charge in [0.15, 0.2) is 0 Å². The van der Waals surface area contributed by atoms with Crippen molar-refractivity contribution in [2.24, 2.45) is 0 Å². The van der Waals surface area contributed by atoms with Crippen LogP contribution < -0.4 is 5.32 Å². The number of carboxylic acids is 1. The SMILES string of the molecule is Cc1ccc(CC(=O)Nc2snc(C)c2C(=O)O)cc1. The van der Waals surface area contributed by atoms with Crippen LogP contribution in [-0.2, 0) is 11.2 Å². The van der Waals surface area contributed by atoms with Gasteiger partial charge in [-0.15, -0.1) is 0 Å². The molecular weight excluding hydrogens is 276 g/mol. The second-order valence-electron chi connectivity index (χ2n) is 4.49. The van der Waals surface area contributed by atoms with Crippen molar-refractivity contribution in [2.45, 2.75) is 20.3 Å². The van der Waals surface area contributed by atoms with Gasteiger partial charge in [0, 0.05) is 0 Å². The second kappa shape index (κ2) is 5.83. The predicted molar refractivity (Wildman–Crippen MR) is 77.3 cm³/mol. The van der Waals surface area contributed by atoms with E-state index in [1.165, 1.54) is 0 Å². The average Bonchev–Trinajstić information content (AvgIpc) is 2.73. The molecule has 0 spiro atoms. The normalized spacial score (nSPS) is 10.3. The Morgan fingerprint density at radius 2 is 1.90 bits per heavy atom. The molecule has 1 heterocycles. The van der Waals surface area contributed by atoms with Crippen LogP contribution in [0.3, 0.4) is 0 Å². The summed E-state index contributed by atoms with van der Waals surface area (Å²) in [6, 6.07) is 7.63. The van der Waals surface area contributed by atoms with Crippen molar-refractivity contribution >= 4 is 28.4 Å². The molecule has 1 amide bonds. The van der Waals surface area contributed by atoms with E-state index in [4.69, 9.17) is 5.11 Å². The van der Waals surface area contributed by atoms with Crippen LogP contribution in [0.15, 0.2) is 24.3 Å². The Bertz CT molecular complexity index is 647. The smallest absolute Gasteiger partial charge is 0.340 e. The van der Waals surface area contributed by atoms with Crippen LogP contribution in [0.25, 0.3) is 0 Å². The van der Waals surface area contributed by atoms with Crippen LogP contribution >= 0.6 is 11.5 Å². The first kappa shape index (κ1) is 14.2.